The molecule has 0 saturated heterocycles. The van der Waals surface area contributed by atoms with Gasteiger partial charge in [-0.1, -0.05) is 13.8 Å². The molecule has 0 saturated carbocycles. The van der Waals surface area contributed by atoms with Crippen LogP contribution in [0.4, 0.5) is 13.2 Å². The average molecular weight is 351 g/mol. The maximum Gasteiger partial charge on any atom is 0.416 e. The molecule has 0 bridgehead atoms. The summed E-state index contributed by atoms with van der Waals surface area (Å²) >= 11 is 1.66. The monoisotopic (exact) mass is 351 g/mol. The zero-order valence-corrected chi connectivity index (χ0v) is 14.2. The third-order valence-corrected chi connectivity index (χ3v) is 4.56. The van der Waals surface area contributed by atoms with E-state index >= 15 is 0 Å². The third-order valence-electron chi connectivity index (χ3n) is 3.52. The number of nitrogens with zero attached hydrogens (tertiary/aromatic N) is 3. The van der Waals surface area contributed by atoms with Gasteiger partial charge >= 0.3 is 6.18 Å². The van der Waals surface area contributed by atoms with Gasteiger partial charge in [0, 0.05) is 17.6 Å². The van der Waals surface area contributed by atoms with E-state index in [1.807, 2.05) is 10.6 Å². The second-order valence-electron chi connectivity index (χ2n) is 5.71. The largest absolute Gasteiger partial charge is 0.416 e. The Kier molecular flexibility index (Phi) is 4.29. The molecule has 0 aliphatic heterocycles. The molecule has 0 fully saturated rings. The predicted molar refractivity (Wildman–Crippen MR) is 89.6 cm³/mol. The van der Waals surface area contributed by atoms with Gasteiger partial charge in [0.1, 0.15) is 5.82 Å². The van der Waals surface area contributed by atoms with Crippen LogP contribution >= 0.6 is 11.8 Å². The Balaban J connectivity index is 2.19. The number of aromatic nitrogens is 3. The van der Waals surface area contributed by atoms with Crippen LogP contribution in [0.1, 0.15) is 25.2 Å². The number of hydrogen-bond acceptors (Lipinski definition) is 3. The molecular weight excluding hydrogens is 335 g/mol. The first-order valence-corrected chi connectivity index (χ1v) is 8.32. The highest BCUT2D eigenvalue weighted by atomic mass is 32.2. The summed E-state index contributed by atoms with van der Waals surface area (Å²) < 4.78 is 40.6. The van der Waals surface area contributed by atoms with Gasteiger partial charge < -0.3 is 0 Å². The lowest BCUT2D eigenvalue weighted by Gasteiger charge is -2.14. The number of rotatable bonds is 3. The van der Waals surface area contributed by atoms with Crippen LogP contribution in [0.25, 0.3) is 16.7 Å². The molecule has 0 aliphatic rings. The van der Waals surface area contributed by atoms with Crippen LogP contribution in [-0.2, 0) is 6.18 Å². The Hall–Kier alpha value is -2.02. The van der Waals surface area contributed by atoms with E-state index < -0.39 is 11.7 Å². The average Bonchev–Trinajstić information content (AvgIpc) is 2.81. The Morgan fingerprint density at radius 1 is 1.17 bits per heavy atom. The Morgan fingerprint density at radius 3 is 2.58 bits per heavy atom. The van der Waals surface area contributed by atoms with Crippen molar-refractivity contribution < 1.29 is 13.2 Å². The number of fused-ring (bicyclic) bond motifs is 1. The van der Waals surface area contributed by atoms with Crippen LogP contribution < -0.4 is 0 Å². The van der Waals surface area contributed by atoms with E-state index in [4.69, 9.17) is 0 Å². The number of imidazole rings is 1. The third kappa shape index (κ3) is 3.13. The molecule has 2 aromatic heterocycles. The minimum atomic E-state index is -4.37. The van der Waals surface area contributed by atoms with Crippen molar-refractivity contribution in [2.24, 2.45) is 0 Å². The summed E-state index contributed by atoms with van der Waals surface area (Å²) in [5.41, 5.74) is 1.17. The molecule has 0 amide bonds. The van der Waals surface area contributed by atoms with E-state index in [9.17, 15) is 13.2 Å². The molecule has 7 heteroatoms. The van der Waals surface area contributed by atoms with Gasteiger partial charge in [0.15, 0.2) is 0 Å². The molecule has 0 unspecified atom stereocenters. The lowest BCUT2D eigenvalue weighted by Crippen LogP contribution is -2.04. The van der Waals surface area contributed by atoms with Crippen molar-refractivity contribution >= 4 is 22.8 Å². The fourth-order valence-corrected chi connectivity index (χ4v) is 3.49. The molecule has 0 N–H and O–H groups in total. The van der Waals surface area contributed by atoms with Gasteiger partial charge in [0.25, 0.3) is 0 Å². The predicted octanol–water partition coefficient (Wildman–Crippen LogP) is 5.25. The van der Waals surface area contributed by atoms with Gasteiger partial charge in [-0.25, -0.2) is 4.98 Å². The smallest absolute Gasteiger partial charge is 0.295 e. The standard InChI is InChI=1S/C17H16F3N3S/c1-10(2)24-16-9-21-7-6-15(16)23-11(3)22-13-8-12(17(18,19)20)4-5-14(13)23/h4-10H,1-3H3. The number of aryl methyl sites for hydroxylation is 1. The molecule has 24 heavy (non-hydrogen) atoms. The molecular formula is C17H16F3N3S. The lowest BCUT2D eigenvalue weighted by atomic mass is 10.2. The topological polar surface area (TPSA) is 30.7 Å². The summed E-state index contributed by atoms with van der Waals surface area (Å²) in [4.78, 5) is 9.45. The van der Waals surface area contributed by atoms with Gasteiger partial charge in [-0.2, -0.15) is 13.2 Å². The molecule has 3 aromatic rings. The summed E-state index contributed by atoms with van der Waals surface area (Å²) in [6, 6.07) is 5.52. The van der Waals surface area contributed by atoms with Crippen LogP contribution in [0.2, 0.25) is 0 Å². The van der Waals surface area contributed by atoms with E-state index in [2.05, 4.69) is 23.8 Å². The molecule has 0 spiro atoms. The van der Waals surface area contributed by atoms with Crippen LogP contribution in [0.5, 0.6) is 0 Å². The summed E-state index contributed by atoms with van der Waals surface area (Å²) in [7, 11) is 0. The van der Waals surface area contributed by atoms with Gasteiger partial charge in [0.2, 0.25) is 0 Å². The van der Waals surface area contributed by atoms with Crippen molar-refractivity contribution in [2.75, 3.05) is 0 Å². The van der Waals surface area contributed by atoms with Crippen molar-refractivity contribution in [1.29, 1.82) is 0 Å². The van der Waals surface area contributed by atoms with Gasteiger partial charge in [-0.3, -0.25) is 9.55 Å². The van der Waals surface area contributed by atoms with Crippen molar-refractivity contribution in [3.8, 4) is 5.69 Å². The number of hydrogen-bond donors (Lipinski definition) is 0. The fraction of sp³-hybridized carbons (Fsp3) is 0.294. The summed E-state index contributed by atoms with van der Waals surface area (Å²) in [6.07, 6.45) is -0.925. The van der Waals surface area contributed by atoms with Crippen LogP contribution in [-0.4, -0.2) is 19.8 Å². The van der Waals surface area contributed by atoms with E-state index in [1.54, 1.807) is 31.1 Å². The molecule has 2 heterocycles. The molecule has 0 atom stereocenters. The molecule has 1 aromatic carbocycles. The summed E-state index contributed by atoms with van der Waals surface area (Å²) in [5.74, 6) is 0.640. The van der Waals surface area contributed by atoms with E-state index in [-0.39, 0.29) is 0 Å². The highest BCUT2D eigenvalue weighted by molar-refractivity contribution is 8.00. The van der Waals surface area contributed by atoms with Crippen LogP contribution in [0, 0.1) is 6.92 Å². The Labute approximate surface area is 141 Å². The zero-order chi connectivity index (χ0) is 17.5. The minimum absolute atomic E-state index is 0.333. The second kappa shape index (κ2) is 6.12. The molecule has 3 nitrogen and oxygen atoms in total. The number of halogens is 3. The first-order chi connectivity index (χ1) is 11.3. The second-order valence-corrected chi connectivity index (χ2v) is 7.32. The molecule has 126 valence electrons. The molecule has 3 rings (SSSR count). The first-order valence-electron chi connectivity index (χ1n) is 7.44. The normalized spacial score (nSPS) is 12.3. The van der Waals surface area contributed by atoms with Gasteiger partial charge in [0.05, 0.1) is 27.2 Å². The first kappa shape index (κ1) is 16.8. The van der Waals surface area contributed by atoms with Crippen molar-refractivity contribution in [1.82, 2.24) is 14.5 Å². The Morgan fingerprint density at radius 2 is 1.92 bits per heavy atom. The maximum absolute atomic E-state index is 12.9. The fourth-order valence-electron chi connectivity index (χ4n) is 2.58. The highest BCUT2D eigenvalue weighted by Crippen LogP contribution is 2.34. The Bertz CT molecular complexity index is 884. The summed E-state index contributed by atoms with van der Waals surface area (Å²) in [6.45, 7) is 5.95. The van der Waals surface area contributed by atoms with Crippen LogP contribution in [0.3, 0.4) is 0 Å². The number of alkyl halides is 3. The SMILES string of the molecule is Cc1nc2cc(C(F)(F)F)ccc2n1-c1ccncc1SC(C)C. The van der Waals surface area contributed by atoms with Crippen molar-refractivity contribution in [3.05, 3.63) is 48.0 Å². The number of benzene rings is 1. The number of pyridine rings is 1. The highest BCUT2D eigenvalue weighted by Gasteiger charge is 2.31. The minimum Gasteiger partial charge on any atom is -0.295 e. The molecule has 0 radical (unpaired) electrons. The van der Waals surface area contributed by atoms with E-state index in [0.29, 0.717) is 22.1 Å². The summed E-state index contributed by atoms with van der Waals surface area (Å²) in [5, 5.41) is 0.361. The lowest BCUT2D eigenvalue weighted by molar-refractivity contribution is -0.137. The van der Waals surface area contributed by atoms with Gasteiger partial charge in [-0.15, -0.1) is 11.8 Å². The number of thioether (sulfide) groups is 1. The van der Waals surface area contributed by atoms with E-state index in [0.717, 1.165) is 22.7 Å². The maximum atomic E-state index is 12.9. The van der Waals surface area contributed by atoms with Crippen molar-refractivity contribution in [3.63, 3.8) is 0 Å². The quantitative estimate of drug-likeness (QED) is 0.604. The van der Waals surface area contributed by atoms with Gasteiger partial charge in [-0.05, 0) is 31.2 Å². The molecule has 0 aliphatic carbocycles. The van der Waals surface area contributed by atoms with E-state index in [1.165, 1.54) is 6.07 Å². The van der Waals surface area contributed by atoms with Crippen molar-refractivity contribution in [2.45, 2.75) is 37.1 Å². The zero-order valence-electron chi connectivity index (χ0n) is 13.4. The van der Waals surface area contributed by atoms with Crippen LogP contribution in [0.15, 0.2) is 41.6 Å².